The van der Waals surface area contributed by atoms with Crippen molar-refractivity contribution in [1.82, 2.24) is 9.78 Å². The van der Waals surface area contributed by atoms with Gasteiger partial charge in [-0.05, 0) is 44.7 Å². The van der Waals surface area contributed by atoms with E-state index in [9.17, 15) is 0 Å². The molecular formula is C16H23N3. The molecule has 0 aliphatic rings. The van der Waals surface area contributed by atoms with Gasteiger partial charge in [0.25, 0.3) is 0 Å². The Labute approximate surface area is 115 Å². The highest BCUT2D eigenvalue weighted by Crippen LogP contribution is 2.12. The van der Waals surface area contributed by atoms with Crippen molar-refractivity contribution < 1.29 is 0 Å². The third-order valence-corrected chi connectivity index (χ3v) is 3.29. The van der Waals surface area contributed by atoms with E-state index in [-0.39, 0.29) is 6.04 Å². The second-order valence-corrected chi connectivity index (χ2v) is 5.37. The lowest BCUT2D eigenvalue weighted by molar-refractivity contribution is 0.650. The van der Waals surface area contributed by atoms with Crippen LogP contribution in [-0.2, 0) is 19.4 Å². The average molecular weight is 257 g/mol. The van der Waals surface area contributed by atoms with E-state index in [4.69, 9.17) is 5.73 Å². The molecule has 0 spiro atoms. The summed E-state index contributed by atoms with van der Waals surface area (Å²) in [5.74, 6) is 0. The van der Waals surface area contributed by atoms with Crippen LogP contribution < -0.4 is 5.73 Å². The molecule has 2 rings (SSSR count). The van der Waals surface area contributed by atoms with Crippen molar-refractivity contribution >= 4 is 0 Å². The molecule has 0 bridgehead atoms. The molecule has 3 nitrogen and oxygen atoms in total. The predicted octanol–water partition coefficient (Wildman–Crippen LogP) is 2.63. The number of nitrogens with zero attached hydrogens (tertiary/aromatic N) is 2. The predicted molar refractivity (Wildman–Crippen MR) is 79.2 cm³/mol. The molecule has 102 valence electrons. The summed E-state index contributed by atoms with van der Waals surface area (Å²) < 4.78 is 1.94. The Balaban J connectivity index is 1.98. The van der Waals surface area contributed by atoms with Gasteiger partial charge in [0.05, 0.1) is 6.20 Å². The van der Waals surface area contributed by atoms with Gasteiger partial charge in [0.15, 0.2) is 0 Å². The van der Waals surface area contributed by atoms with Crippen molar-refractivity contribution in [2.75, 3.05) is 0 Å². The van der Waals surface area contributed by atoms with Crippen LogP contribution in [0, 0.1) is 13.8 Å². The highest BCUT2D eigenvalue weighted by molar-refractivity contribution is 5.29. The fourth-order valence-corrected chi connectivity index (χ4v) is 2.55. The highest BCUT2D eigenvalue weighted by atomic mass is 15.3. The molecule has 0 saturated carbocycles. The lowest BCUT2D eigenvalue weighted by Crippen LogP contribution is -2.25. The summed E-state index contributed by atoms with van der Waals surface area (Å²) in [5.41, 5.74) is 11.4. The van der Waals surface area contributed by atoms with Gasteiger partial charge >= 0.3 is 0 Å². The first-order valence-corrected chi connectivity index (χ1v) is 6.91. The molecule has 2 aromatic rings. The minimum absolute atomic E-state index is 0.149. The van der Waals surface area contributed by atoms with Crippen molar-refractivity contribution in [1.29, 1.82) is 0 Å². The molecule has 0 fully saturated rings. The Hall–Kier alpha value is -1.61. The van der Waals surface area contributed by atoms with Gasteiger partial charge in [0.2, 0.25) is 0 Å². The van der Waals surface area contributed by atoms with Crippen LogP contribution in [0.25, 0.3) is 0 Å². The molecule has 2 N–H and O–H groups in total. The maximum Gasteiger partial charge on any atom is 0.0522 e. The molecule has 1 atom stereocenters. The molecule has 1 heterocycles. The topological polar surface area (TPSA) is 43.8 Å². The summed E-state index contributed by atoms with van der Waals surface area (Å²) in [6.07, 6.45) is 5.80. The Bertz CT molecular complexity index is 522. The van der Waals surface area contributed by atoms with Crippen molar-refractivity contribution in [3.8, 4) is 0 Å². The summed E-state index contributed by atoms with van der Waals surface area (Å²) in [6.45, 7) is 7.26. The summed E-state index contributed by atoms with van der Waals surface area (Å²) in [7, 11) is 0. The lowest BCUT2D eigenvalue weighted by atomic mass is 9.98. The number of benzene rings is 1. The first-order valence-electron chi connectivity index (χ1n) is 6.91. The largest absolute Gasteiger partial charge is 0.327 e. The van der Waals surface area contributed by atoms with Gasteiger partial charge in [-0.25, -0.2) is 0 Å². The van der Waals surface area contributed by atoms with Gasteiger partial charge in [-0.3, -0.25) is 4.68 Å². The molecule has 1 aromatic heterocycles. The quantitative estimate of drug-likeness (QED) is 0.895. The van der Waals surface area contributed by atoms with Gasteiger partial charge in [0, 0.05) is 18.8 Å². The van der Waals surface area contributed by atoms with Crippen LogP contribution in [0.1, 0.15) is 29.2 Å². The van der Waals surface area contributed by atoms with Gasteiger partial charge in [0.1, 0.15) is 0 Å². The second-order valence-electron chi connectivity index (χ2n) is 5.37. The van der Waals surface area contributed by atoms with Crippen LogP contribution in [0.2, 0.25) is 0 Å². The number of hydrogen-bond acceptors (Lipinski definition) is 2. The van der Waals surface area contributed by atoms with E-state index in [1.54, 1.807) is 0 Å². The molecule has 1 unspecified atom stereocenters. The minimum Gasteiger partial charge on any atom is -0.327 e. The maximum atomic E-state index is 6.25. The van der Waals surface area contributed by atoms with E-state index in [1.807, 2.05) is 10.9 Å². The molecule has 0 radical (unpaired) electrons. The zero-order valence-corrected chi connectivity index (χ0v) is 12.1. The molecule has 0 amide bonds. The number of rotatable bonds is 5. The van der Waals surface area contributed by atoms with E-state index in [0.717, 1.165) is 19.4 Å². The van der Waals surface area contributed by atoms with Gasteiger partial charge in [-0.15, -0.1) is 0 Å². The molecular weight excluding hydrogens is 234 g/mol. The highest BCUT2D eigenvalue weighted by Gasteiger charge is 2.08. The summed E-state index contributed by atoms with van der Waals surface area (Å²) >= 11 is 0. The van der Waals surface area contributed by atoms with Gasteiger partial charge in [-0.1, -0.05) is 29.3 Å². The zero-order chi connectivity index (χ0) is 13.8. The summed E-state index contributed by atoms with van der Waals surface area (Å²) in [4.78, 5) is 0. The van der Waals surface area contributed by atoms with Crippen LogP contribution in [0.15, 0.2) is 30.6 Å². The Morgan fingerprint density at radius 2 is 1.74 bits per heavy atom. The molecule has 1 aromatic carbocycles. The Kier molecular flexibility index (Phi) is 4.38. The number of aromatic nitrogens is 2. The van der Waals surface area contributed by atoms with E-state index >= 15 is 0 Å². The van der Waals surface area contributed by atoms with E-state index < -0.39 is 0 Å². The Morgan fingerprint density at radius 1 is 1.11 bits per heavy atom. The third kappa shape index (κ3) is 3.93. The lowest BCUT2D eigenvalue weighted by Gasteiger charge is -2.11. The summed E-state index contributed by atoms with van der Waals surface area (Å²) in [5, 5.41) is 4.28. The number of aryl methyl sites for hydroxylation is 3. The normalized spacial score (nSPS) is 12.6. The fraction of sp³-hybridized carbons (Fsp3) is 0.438. The van der Waals surface area contributed by atoms with Crippen molar-refractivity contribution in [2.45, 2.75) is 46.2 Å². The molecule has 0 aliphatic heterocycles. The van der Waals surface area contributed by atoms with E-state index in [1.165, 1.54) is 22.3 Å². The summed E-state index contributed by atoms with van der Waals surface area (Å²) in [6, 6.07) is 6.79. The number of hydrogen-bond donors (Lipinski definition) is 1. The van der Waals surface area contributed by atoms with E-state index in [0.29, 0.717) is 0 Å². The first kappa shape index (κ1) is 13.8. The first-order chi connectivity index (χ1) is 9.06. The standard InChI is InChI=1S/C16H23N3/c1-4-19-11-15(10-18-19)9-16(17)8-14-6-12(2)5-13(3)7-14/h5-7,10-11,16H,4,8-9,17H2,1-3H3. The molecule has 0 aliphatic carbocycles. The van der Waals surface area contributed by atoms with Gasteiger partial charge in [-0.2, -0.15) is 5.10 Å². The number of nitrogens with two attached hydrogens (primary N) is 1. The fourth-order valence-electron chi connectivity index (χ4n) is 2.55. The molecule has 19 heavy (non-hydrogen) atoms. The smallest absolute Gasteiger partial charge is 0.0522 e. The zero-order valence-electron chi connectivity index (χ0n) is 12.1. The van der Waals surface area contributed by atoms with Crippen molar-refractivity contribution in [2.24, 2.45) is 5.73 Å². The van der Waals surface area contributed by atoms with Crippen molar-refractivity contribution in [3.63, 3.8) is 0 Å². The van der Waals surface area contributed by atoms with Crippen LogP contribution in [0.5, 0.6) is 0 Å². The molecule has 3 heteroatoms. The van der Waals surface area contributed by atoms with Gasteiger partial charge < -0.3 is 5.73 Å². The Morgan fingerprint density at radius 3 is 2.32 bits per heavy atom. The maximum absolute atomic E-state index is 6.25. The minimum atomic E-state index is 0.149. The molecule has 0 saturated heterocycles. The van der Waals surface area contributed by atoms with Crippen LogP contribution in [0.4, 0.5) is 0 Å². The average Bonchev–Trinajstić information content (AvgIpc) is 2.74. The van der Waals surface area contributed by atoms with E-state index in [2.05, 4.69) is 50.3 Å². The van der Waals surface area contributed by atoms with Crippen LogP contribution in [-0.4, -0.2) is 15.8 Å². The van der Waals surface area contributed by atoms with Crippen molar-refractivity contribution in [3.05, 3.63) is 52.8 Å². The second kappa shape index (κ2) is 6.02. The van der Waals surface area contributed by atoms with Crippen LogP contribution in [0.3, 0.4) is 0 Å². The third-order valence-electron chi connectivity index (χ3n) is 3.29. The van der Waals surface area contributed by atoms with Crippen LogP contribution >= 0.6 is 0 Å². The SMILES string of the molecule is CCn1cc(CC(N)Cc2cc(C)cc(C)c2)cn1. The monoisotopic (exact) mass is 257 g/mol.